The first-order chi connectivity index (χ1) is 10.0. The third-order valence-electron chi connectivity index (χ3n) is 3.02. The van der Waals surface area contributed by atoms with Crippen LogP contribution in [0.4, 0.5) is 11.4 Å². The number of anilines is 2. The number of hydrogen-bond donors (Lipinski definition) is 3. The molecular formula is C15H16ClN3O2. The highest BCUT2D eigenvalue weighted by atomic mass is 35.5. The third-order valence-corrected chi connectivity index (χ3v) is 3.26. The largest absolute Gasteiger partial charge is 0.496 e. The van der Waals surface area contributed by atoms with Crippen molar-refractivity contribution in [1.82, 2.24) is 0 Å². The van der Waals surface area contributed by atoms with Crippen LogP contribution in [0.15, 0.2) is 36.4 Å². The number of halogens is 1. The zero-order valence-electron chi connectivity index (χ0n) is 11.5. The van der Waals surface area contributed by atoms with Crippen LogP contribution in [0.3, 0.4) is 0 Å². The van der Waals surface area contributed by atoms with Crippen molar-refractivity contribution in [1.29, 1.82) is 0 Å². The van der Waals surface area contributed by atoms with Crippen molar-refractivity contribution < 1.29 is 9.53 Å². The molecule has 0 aliphatic heterocycles. The molecule has 5 N–H and O–H groups in total. The quantitative estimate of drug-likeness (QED) is 0.741. The lowest BCUT2D eigenvalue weighted by Gasteiger charge is -2.13. The summed E-state index contributed by atoms with van der Waals surface area (Å²) in [6, 6.07) is 10.2. The van der Waals surface area contributed by atoms with Gasteiger partial charge in [0, 0.05) is 28.5 Å². The highest BCUT2D eigenvalue weighted by Gasteiger charge is 2.10. The van der Waals surface area contributed by atoms with Gasteiger partial charge in [0.1, 0.15) is 5.75 Å². The second-order valence-corrected chi connectivity index (χ2v) is 4.92. The van der Waals surface area contributed by atoms with E-state index >= 15 is 0 Å². The SMILES string of the molecule is COc1ccc(N)cc1CNc1cc(Cl)ccc1C(N)=O. The number of primary amides is 1. The van der Waals surface area contributed by atoms with Crippen molar-refractivity contribution in [2.45, 2.75) is 6.54 Å². The van der Waals surface area contributed by atoms with Gasteiger partial charge in [0.15, 0.2) is 0 Å². The summed E-state index contributed by atoms with van der Waals surface area (Å²) in [4.78, 5) is 11.4. The van der Waals surface area contributed by atoms with Gasteiger partial charge in [-0.05, 0) is 36.4 Å². The van der Waals surface area contributed by atoms with E-state index in [0.717, 1.165) is 5.56 Å². The maximum atomic E-state index is 11.4. The van der Waals surface area contributed by atoms with Gasteiger partial charge in [0.2, 0.25) is 0 Å². The van der Waals surface area contributed by atoms with Crippen LogP contribution in [0.1, 0.15) is 15.9 Å². The molecule has 0 unspecified atom stereocenters. The Morgan fingerprint density at radius 1 is 1.29 bits per heavy atom. The molecule has 110 valence electrons. The first-order valence-corrected chi connectivity index (χ1v) is 6.64. The normalized spacial score (nSPS) is 10.2. The van der Waals surface area contributed by atoms with E-state index in [1.807, 2.05) is 0 Å². The van der Waals surface area contributed by atoms with E-state index in [0.29, 0.717) is 34.3 Å². The standard InChI is InChI=1S/C15H16ClN3O2/c1-21-14-5-3-11(17)6-9(14)8-19-13-7-10(16)2-4-12(13)15(18)20/h2-7,19H,8,17H2,1H3,(H2,18,20). The number of carbonyl (C=O) groups is 1. The van der Waals surface area contributed by atoms with Gasteiger partial charge in [-0.1, -0.05) is 11.6 Å². The van der Waals surface area contributed by atoms with Crippen LogP contribution in [-0.2, 0) is 6.54 Å². The average molecular weight is 306 g/mol. The summed E-state index contributed by atoms with van der Waals surface area (Å²) in [7, 11) is 1.59. The average Bonchev–Trinajstić information content (AvgIpc) is 2.45. The lowest BCUT2D eigenvalue weighted by atomic mass is 10.1. The minimum Gasteiger partial charge on any atom is -0.496 e. The molecule has 0 aliphatic carbocycles. The molecule has 1 amide bonds. The van der Waals surface area contributed by atoms with Crippen LogP contribution in [0.2, 0.25) is 5.02 Å². The van der Waals surface area contributed by atoms with Gasteiger partial charge in [-0.25, -0.2) is 0 Å². The zero-order valence-corrected chi connectivity index (χ0v) is 12.3. The summed E-state index contributed by atoms with van der Waals surface area (Å²) >= 11 is 5.95. The predicted molar refractivity (Wildman–Crippen MR) is 84.7 cm³/mol. The number of methoxy groups -OCH3 is 1. The smallest absolute Gasteiger partial charge is 0.250 e. The topological polar surface area (TPSA) is 90.4 Å². The molecule has 0 saturated carbocycles. The van der Waals surface area contributed by atoms with E-state index in [-0.39, 0.29) is 0 Å². The molecule has 2 aromatic carbocycles. The lowest BCUT2D eigenvalue weighted by molar-refractivity contribution is 0.100. The predicted octanol–water partition coefficient (Wildman–Crippen LogP) is 2.64. The first-order valence-electron chi connectivity index (χ1n) is 6.27. The van der Waals surface area contributed by atoms with E-state index in [4.69, 9.17) is 27.8 Å². The first kappa shape index (κ1) is 15.0. The Hall–Kier alpha value is -2.40. The van der Waals surface area contributed by atoms with Crippen LogP contribution in [0, 0.1) is 0 Å². The van der Waals surface area contributed by atoms with Gasteiger partial charge in [-0.3, -0.25) is 4.79 Å². The van der Waals surface area contributed by atoms with Gasteiger partial charge in [-0.15, -0.1) is 0 Å². The molecular weight excluding hydrogens is 290 g/mol. The number of nitrogens with two attached hydrogens (primary N) is 2. The molecule has 0 aliphatic rings. The second-order valence-electron chi connectivity index (χ2n) is 4.48. The highest BCUT2D eigenvalue weighted by molar-refractivity contribution is 6.31. The fourth-order valence-corrected chi connectivity index (χ4v) is 2.18. The summed E-state index contributed by atoms with van der Waals surface area (Å²) in [6.07, 6.45) is 0. The molecule has 0 bridgehead atoms. The molecule has 0 radical (unpaired) electrons. The molecule has 0 atom stereocenters. The van der Waals surface area contributed by atoms with Crippen LogP contribution in [0.25, 0.3) is 0 Å². The number of rotatable bonds is 5. The summed E-state index contributed by atoms with van der Waals surface area (Å²) in [5.41, 5.74) is 13.6. The van der Waals surface area contributed by atoms with Gasteiger partial charge in [0.05, 0.1) is 12.7 Å². The molecule has 0 fully saturated rings. The molecule has 21 heavy (non-hydrogen) atoms. The Morgan fingerprint density at radius 2 is 2.05 bits per heavy atom. The molecule has 6 heteroatoms. The summed E-state index contributed by atoms with van der Waals surface area (Å²) in [6.45, 7) is 0.425. The Morgan fingerprint density at radius 3 is 2.71 bits per heavy atom. The van der Waals surface area contributed by atoms with E-state index in [1.165, 1.54) is 0 Å². The molecule has 0 saturated heterocycles. The van der Waals surface area contributed by atoms with Gasteiger partial charge in [-0.2, -0.15) is 0 Å². The lowest BCUT2D eigenvalue weighted by Crippen LogP contribution is -2.14. The van der Waals surface area contributed by atoms with Crippen molar-refractivity contribution in [2.75, 3.05) is 18.2 Å². The number of amides is 1. The van der Waals surface area contributed by atoms with E-state index < -0.39 is 5.91 Å². The third kappa shape index (κ3) is 3.58. The van der Waals surface area contributed by atoms with Crippen LogP contribution < -0.4 is 21.5 Å². The van der Waals surface area contributed by atoms with E-state index in [1.54, 1.807) is 43.5 Å². The van der Waals surface area contributed by atoms with Crippen LogP contribution in [-0.4, -0.2) is 13.0 Å². The molecule has 0 aromatic heterocycles. The maximum absolute atomic E-state index is 11.4. The Bertz CT molecular complexity index is 674. The van der Waals surface area contributed by atoms with E-state index in [9.17, 15) is 4.79 Å². The fraction of sp³-hybridized carbons (Fsp3) is 0.133. The van der Waals surface area contributed by atoms with Gasteiger partial charge >= 0.3 is 0 Å². The molecule has 0 heterocycles. The molecule has 0 spiro atoms. The number of nitrogen functional groups attached to an aromatic ring is 1. The fourth-order valence-electron chi connectivity index (χ4n) is 2.00. The number of hydrogen-bond acceptors (Lipinski definition) is 4. The molecule has 5 nitrogen and oxygen atoms in total. The van der Waals surface area contributed by atoms with Crippen molar-refractivity contribution in [3.8, 4) is 5.75 Å². The Labute approximate surface area is 127 Å². The Kier molecular flexibility index (Phi) is 4.55. The molecule has 2 aromatic rings. The second kappa shape index (κ2) is 6.37. The van der Waals surface area contributed by atoms with Crippen molar-refractivity contribution in [2.24, 2.45) is 5.73 Å². The van der Waals surface area contributed by atoms with Gasteiger partial charge in [0.25, 0.3) is 5.91 Å². The minimum atomic E-state index is -0.520. The molecule has 2 rings (SSSR count). The van der Waals surface area contributed by atoms with Crippen molar-refractivity contribution in [3.63, 3.8) is 0 Å². The van der Waals surface area contributed by atoms with Crippen LogP contribution >= 0.6 is 11.6 Å². The summed E-state index contributed by atoms with van der Waals surface area (Å²) in [5, 5.41) is 3.65. The van der Waals surface area contributed by atoms with Crippen molar-refractivity contribution in [3.05, 3.63) is 52.5 Å². The summed E-state index contributed by atoms with van der Waals surface area (Å²) in [5.74, 6) is 0.188. The van der Waals surface area contributed by atoms with Crippen molar-refractivity contribution >= 4 is 28.9 Å². The monoisotopic (exact) mass is 305 g/mol. The highest BCUT2D eigenvalue weighted by Crippen LogP contribution is 2.25. The number of carbonyl (C=O) groups excluding carboxylic acids is 1. The maximum Gasteiger partial charge on any atom is 0.250 e. The Balaban J connectivity index is 2.26. The number of ether oxygens (including phenoxy) is 1. The minimum absolute atomic E-state index is 0.377. The van der Waals surface area contributed by atoms with Gasteiger partial charge < -0.3 is 21.5 Å². The van der Waals surface area contributed by atoms with E-state index in [2.05, 4.69) is 5.32 Å². The number of nitrogens with one attached hydrogen (secondary N) is 1. The number of benzene rings is 2. The van der Waals surface area contributed by atoms with Crippen LogP contribution in [0.5, 0.6) is 5.75 Å². The summed E-state index contributed by atoms with van der Waals surface area (Å²) < 4.78 is 5.28. The zero-order chi connectivity index (χ0) is 15.4.